The van der Waals surface area contributed by atoms with E-state index in [1.54, 1.807) is 26.8 Å². The highest BCUT2D eigenvalue weighted by molar-refractivity contribution is 7.91. The van der Waals surface area contributed by atoms with Crippen molar-refractivity contribution in [2.24, 2.45) is 0 Å². The van der Waals surface area contributed by atoms with Gasteiger partial charge in [0.15, 0.2) is 6.61 Å². The first-order valence-corrected chi connectivity index (χ1v) is 11.7. The van der Waals surface area contributed by atoms with Gasteiger partial charge in [-0.05, 0) is 80.9 Å². The average molecular weight is 495 g/mol. The summed E-state index contributed by atoms with van der Waals surface area (Å²) in [5.41, 5.74) is -0.0407. The largest absolute Gasteiger partial charge is 0.481 e. The van der Waals surface area contributed by atoms with Crippen LogP contribution in [0, 0.1) is 11.6 Å². The molecule has 3 aromatic carbocycles. The lowest BCUT2D eigenvalue weighted by molar-refractivity contribution is -0.157. The van der Waals surface area contributed by atoms with Crippen molar-refractivity contribution in [3.05, 3.63) is 77.3 Å². The van der Waals surface area contributed by atoms with Crippen LogP contribution in [0.25, 0.3) is 11.1 Å². The molecule has 3 aromatic rings. The van der Waals surface area contributed by atoms with Gasteiger partial charge in [-0.1, -0.05) is 17.7 Å². The molecule has 0 heterocycles. The molecule has 0 atom stereocenters. The molecule has 33 heavy (non-hydrogen) atoms. The smallest absolute Gasteiger partial charge is 0.344 e. The summed E-state index contributed by atoms with van der Waals surface area (Å²) in [6.45, 7) is 4.79. The Bertz CT molecular complexity index is 1280. The van der Waals surface area contributed by atoms with Gasteiger partial charge in [0, 0.05) is 10.6 Å². The van der Waals surface area contributed by atoms with E-state index in [9.17, 15) is 22.0 Å². The van der Waals surface area contributed by atoms with Crippen LogP contribution in [0.2, 0.25) is 5.02 Å². The third-order valence-electron chi connectivity index (χ3n) is 4.36. The van der Waals surface area contributed by atoms with Crippen molar-refractivity contribution in [3.63, 3.8) is 0 Å². The van der Waals surface area contributed by atoms with Crippen LogP contribution < -0.4 is 4.74 Å². The molecule has 0 aliphatic rings. The summed E-state index contributed by atoms with van der Waals surface area (Å²) in [5, 5.41) is 0.332. The number of sulfone groups is 1. The lowest BCUT2D eigenvalue weighted by atomic mass is 10.0. The molecule has 174 valence electrons. The molecule has 0 saturated carbocycles. The maximum absolute atomic E-state index is 14.9. The Balaban J connectivity index is 1.93. The molecule has 0 amide bonds. The third kappa shape index (κ3) is 6.09. The van der Waals surface area contributed by atoms with Crippen LogP contribution in [0.3, 0.4) is 0 Å². The number of carbonyl (C=O) groups excluding carboxylic acids is 1. The molecule has 0 aliphatic carbocycles. The van der Waals surface area contributed by atoms with Crippen LogP contribution in [-0.4, -0.2) is 26.6 Å². The fourth-order valence-electron chi connectivity index (χ4n) is 2.99. The molecule has 0 bridgehead atoms. The molecular formula is C24H21ClF2O5S. The second-order valence-electron chi connectivity index (χ2n) is 8.12. The Morgan fingerprint density at radius 1 is 0.970 bits per heavy atom. The van der Waals surface area contributed by atoms with E-state index in [1.165, 1.54) is 18.2 Å². The lowest BCUT2D eigenvalue weighted by Crippen LogP contribution is -2.27. The van der Waals surface area contributed by atoms with Gasteiger partial charge in [0.2, 0.25) is 9.84 Å². The molecule has 0 saturated heterocycles. The molecule has 0 spiro atoms. The van der Waals surface area contributed by atoms with E-state index >= 15 is 0 Å². The van der Waals surface area contributed by atoms with E-state index in [0.717, 1.165) is 36.4 Å². The Hall–Kier alpha value is -2.97. The normalized spacial score (nSPS) is 11.8. The van der Waals surface area contributed by atoms with E-state index in [0.29, 0.717) is 10.6 Å². The predicted molar refractivity (Wildman–Crippen MR) is 120 cm³/mol. The van der Waals surface area contributed by atoms with E-state index in [-0.39, 0.29) is 22.8 Å². The van der Waals surface area contributed by atoms with Crippen LogP contribution in [0.5, 0.6) is 5.75 Å². The van der Waals surface area contributed by atoms with Gasteiger partial charge >= 0.3 is 5.97 Å². The monoisotopic (exact) mass is 494 g/mol. The lowest BCUT2D eigenvalue weighted by Gasteiger charge is -2.20. The van der Waals surface area contributed by atoms with E-state index in [1.807, 2.05) is 0 Å². The van der Waals surface area contributed by atoms with Crippen molar-refractivity contribution in [1.82, 2.24) is 0 Å². The summed E-state index contributed by atoms with van der Waals surface area (Å²) in [7, 11) is -4.20. The average Bonchev–Trinajstić information content (AvgIpc) is 2.71. The van der Waals surface area contributed by atoms with Crippen LogP contribution in [0.1, 0.15) is 20.8 Å². The van der Waals surface area contributed by atoms with Crippen LogP contribution in [-0.2, 0) is 19.4 Å². The van der Waals surface area contributed by atoms with Crippen LogP contribution in [0.4, 0.5) is 8.78 Å². The SMILES string of the molecule is CC(C)(C)OC(=O)COc1ccc(Cl)cc1-c1ccc(S(=O)(=O)c2ccc(F)cc2)c(F)c1. The zero-order valence-electron chi connectivity index (χ0n) is 18.1. The molecular weight excluding hydrogens is 474 g/mol. The fraction of sp³-hybridized carbons (Fsp3) is 0.208. The first-order chi connectivity index (χ1) is 15.4. The standard InChI is InChI=1S/C24H21ClF2O5S/c1-24(2,3)32-23(28)14-31-21-10-5-16(25)13-19(21)15-4-11-22(20(27)12-15)33(29,30)18-8-6-17(26)7-9-18/h4-13H,14H2,1-3H3. The topological polar surface area (TPSA) is 69.7 Å². The fourth-order valence-corrected chi connectivity index (χ4v) is 4.47. The van der Waals surface area contributed by atoms with Gasteiger partial charge < -0.3 is 9.47 Å². The summed E-state index contributed by atoms with van der Waals surface area (Å²) in [6, 6.07) is 12.2. The molecule has 0 aromatic heterocycles. The first kappa shape index (κ1) is 24.7. The number of hydrogen-bond donors (Lipinski definition) is 0. The zero-order valence-corrected chi connectivity index (χ0v) is 19.6. The maximum atomic E-state index is 14.9. The Kier molecular flexibility index (Phi) is 7.09. The predicted octanol–water partition coefficient (Wildman–Crippen LogP) is 5.84. The summed E-state index contributed by atoms with van der Waals surface area (Å²) in [6.07, 6.45) is 0. The summed E-state index contributed by atoms with van der Waals surface area (Å²) < 4.78 is 64.4. The van der Waals surface area contributed by atoms with E-state index < -0.39 is 37.9 Å². The molecule has 9 heteroatoms. The zero-order chi connectivity index (χ0) is 24.4. The van der Waals surface area contributed by atoms with Gasteiger partial charge in [0.1, 0.15) is 27.9 Å². The van der Waals surface area contributed by atoms with Crippen LogP contribution >= 0.6 is 11.6 Å². The first-order valence-electron chi connectivity index (χ1n) is 9.81. The highest BCUT2D eigenvalue weighted by atomic mass is 35.5. The van der Waals surface area contributed by atoms with Crippen molar-refractivity contribution in [3.8, 4) is 16.9 Å². The van der Waals surface area contributed by atoms with Gasteiger partial charge in [0.05, 0.1) is 4.90 Å². The molecule has 0 aliphatic heterocycles. The second kappa shape index (κ2) is 9.49. The number of hydrogen-bond acceptors (Lipinski definition) is 5. The van der Waals surface area contributed by atoms with Crippen LogP contribution in [0.15, 0.2) is 70.5 Å². The van der Waals surface area contributed by atoms with Gasteiger partial charge in [-0.3, -0.25) is 0 Å². The number of carbonyl (C=O) groups is 1. The second-order valence-corrected chi connectivity index (χ2v) is 10.5. The highest BCUT2D eigenvalue weighted by Gasteiger charge is 2.23. The van der Waals surface area contributed by atoms with Gasteiger partial charge in [-0.25, -0.2) is 22.0 Å². The van der Waals surface area contributed by atoms with Gasteiger partial charge in [-0.15, -0.1) is 0 Å². The minimum atomic E-state index is -4.20. The summed E-state index contributed by atoms with van der Waals surface area (Å²) in [5.74, 6) is -1.96. The summed E-state index contributed by atoms with van der Waals surface area (Å²) in [4.78, 5) is 11.2. The van der Waals surface area contributed by atoms with Crippen molar-refractivity contribution in [2.45, 2.75) is 36.2 Å². The quantitative estimate of drug-likeness (QED) is 0.318. The number of ether oxygens (including phenoxy) is 2. The van der Waals surface area contributed by atoms with Crippen molar-refractivity contribution in [2.75, 3.05) is 6.61 Å². The van der Waals surface area contributed by atoms with E-state index in [2.05, 4.69) is 0 Å². The van der Waals surface area contributed by atoms with Crippen molar-refractivity contribution in [1.29, 1.82) is 0 Å². The van der Waals surface area contributed by atoms with Crippen molar-refractivity contribution >= 4 is 27.4 Å². The maximum Gasteiger partial charge on any atom is 0.344 e. The van der Waals surface area contributed by atoms with Gasteiger partial charge in [-0.2, -0.15) is 0 Å². The Labute approximate surface area is 195 Å². The highest BCUT2D eigenvalue weighted by Crippen LogP contribution is 2.35. The molecule has 0 fully saturated rings. The molecule has 0 radical (unpaired) electrons. The van der Waals surface area contributed by atoms with E-state index in [4.69, 9.17) is 21.1 Å². The molecule has 0 unspecified atom stereocenters. The number of benzene rings is 3. The molecule has 5 nitrogen and oxygen atoms in total. The van der Waals surface area contributed by atoms with Crippen molar-refractivity contribution < 1.29 is 31.5 Å². The van der Waals surface area contributed by atoms with Gasteiger partial charge in [0.25, 0.3) is 0 Å². The minimum Gasteiger partial charge on any atom is -0.481 e. The Morgan fingerprint density at radius 3 is 2.24 bits per heavy atom. The molecule has 0 N–H and O–H groups in total. The number of halogens is 3. The number of rotatable bonds is 6. The Morgan fingerprint density at radius 2 is 1.64 bits per heavy atom. The third-order valence-corrected chi connectivity index (χ3v) is 6.40. The number of esters is 1. The minimum absolute atomic E-state index is 0.235. The molecule has 3 rings (SSSR count). The summed E-state index contributed by atoms with van der Waals surface area (Å²) >= 11 is 6.09.